The quantitative estimate of drug-likeness (QED) is 0.623. The van der Waals surface area contributed by atoms with E-state index >= 15 is 0 Å². The molecule has 0 unspecified atom stereocenters. The maximum Gasteiger partial charge on any atom is 0.181 e. The zero-order valence-corrected chi connectivity index (χ0v) is 13.2. The van der Waals surface area contributed by atoms with Crippen LogP contribution in [0.1, 0.15) is 5.69 Å². The van der Waals surface area contributed by atoms with E-state index in [1.807, 2.05) is 37.3 Å². The third-order valence-corrected chi connectivity index (χ3v) is 3.92. The maximum absolute atomic E-state index is 13.4. The van der Waals surface area contributed by atoms with Gasteiger partial charge in [-0.2, -0.15) is 5.10 Å². The van der Waals surface area contributed by atoms with Crippen molar-refractivity contribution in [3.05, 3.63) is 60.0 Å². The molecule has 5 nitrogen and oxygen atoms in total. The largest absolute Gasteiger partial charge is 0.496 e. The van der Waals surface area contributed by atoms with Crippen molar-refractivity contribution >= 4 is 11.2 Å². The van der Waals surface area contributed by atoms with E-state index in [9.17, 15) is 4.39 Å². The van der Waals surface area contributed by atoms with Crippen molar-refractivity contribution in [2.75, 3.05) is 7.11 Å². The first-order chi connectivity index (χ1) is 11.7. The highest BCUT2D eigenvalue weighted by Gasteiger charge is 2.17. The Morgan fingerprint density at radius 2 is 1.92 bits per heavy atom. The summed E-state index contributed by atoms with van der Waals surface area (Å²) in [7, 11) is 1.51. The van der Waals surface area contributed by atoms with Crippen LogP contribution in [0.25, 0.3) is 28.2 Å². The number of aromatic amines is 1. The molecule has 1 N–H and O–H groups in total. The van der Waals surface area contributed by atoms with Gasteiger partial charge in [0, 0.05) is 6.07 Å². The van der Waals surface area contributed by atoms with Crippen LogP contribution in [0.5, 0.6) is 5.75 Å². The number of methoxy groups -OCH3 is 1. The standard InChI is InChI=1S/C18H15FN4O/c1-11-16-18(23(22-11)13-6-4-3-5-7-13)21-17(20-16)14-9-8-12(19)10-15(14)24-2/h3-10H,1-2H3,(H,20,21). The van der Waals surface area contributed by atoms with Gasteiger partial charge in [-0.15, -0.1) is 0 Å². The number of ether oxygens (including phenoxy) is 1. The molecular weight excluding hydrogens is 307 g/mol. The average Bonchev–Trinajstić information content (AvgIpc) is 3.16. The van der Waals surface area contributed by atoms with E-state index in [1.165, 1.54) is 19.2 Å². The maximum atomic E-state index is 13.4. The fourth-order valence-electron chi connectivity index (χ4n) is 2.75. The lowest BCUT2D eigenvalue weighted by atomic mass is 10.2. The van der Waals surface area contributed by atoms with E-state index in [2.05, 4.69) is 15.1 Å². The summed E-state index contributed by atoms with van der Waals surface area (Å²) in [6.45, 7) is 1.92. The molecule has 0 bridgehead atoms. The first-order valence-electron chi connectivity index (χ1n) is 7.52. The lowest BCUT2D eigenvalue weighted by Crippen LogP contribution is -1.97. The highest BCUT2D eigenvalue weighted by molar-refractivity contribution is 5.81. The molecule has 4 aromatic rings. The van der Waals surface area contributed by atoms with Crippen LogP contribution in [0.4, 0.5) is 4.39 Å². The van der Waals surface area contributed by atoms with Gasteiger partial charge < -0.3 is 9.72 Å². The zero-order valence-electron chi connectivity index (χ0n) is 13.2. The smallest absolute Gasteiger partial charge is 0.181 e. The van der Waals surface area contributed by atoms with E-state index in [0.717, 1.165) is 22.5 Å². The summed E-state index contributed by atoms with van der Waals surface area (Å²) in [5.41, 5.74) is 4.04. The third kappa shape index (κ3) is 2.23. The van der Waals surface area contributed by atoms with Crippen LogP contribution in [0.2, 0.25) is 0 Å². The molecular formula is C18H15FN4O. The Bertz CT molecular complexity index is 1020. The Labute approximate surface area is 137 Å². The molecule has 6 heteroatoms. The topological polar surface area (TPSA) is 55.7 Å². The molecule has 4 rings (SSSR count). The number of fused-ring (bicyclic) bond motifs is 1. The molecule has 0 saturated carbocycles. The van der Waals surface area contributed by atoms with Gasteiger partial charge in [-0.3, -0.25) is 0 Å². The summed E-state index contributed by atoms with van der Waals surface area (Å²) in [5.74, 6) is 0.702. The number of hydrogen-bond donors (Lipinski definition) is 1. The van der Waals surface area contributed by atoms with E-state index < -0.39 is 0 Å². The number of nitrogens with one attached hydrogen (secondary N) is 1. The monoisotopic (exact) mass is 322 g/mol. The van der Waals surface area contributed by atoms with Crippen LogP contribution >= 0.6 is 0 Å². The summed E-state index contributed by atoms with van der Waals surface area (Å²) in [4.78, 5) is 7.93. The first-order valence-corrected chi connectivity index (χ1v) is 7.52. The molecule has 0 aliphatic heterocycles. The van der Waals surface area contributed by atoms with Gasteiger partial charge in [-0.25, -0.2) is 14.1 Å². The van der Waals surface area contributed by atoms with Gasteiger partial charge in [0.15, 0.2) is 5.65 Å². The summed E-state index contributed by atoms with van der Waals surface area (Å²) in [6.07, 6.45) is 0. The van der Waals surface area contributed by atoms with Crippen LogP contribution in [-0.2, 0) is 0 Å². The molecule has 0 atom stereocenters. The number of H-pyrrole nitrogens is 1. The summed E-state index contributed by atoms with van der Waals surface area (Å²) < 4.78 is 20.5. The summed E-state index contributed by atoms with van der Waals surface area (Å²) in [6, 6.07) is 14.2. The fourth-order valence-corrected chi connectivity index (χ4v) is 2.75. The molecule has 24 heavy (non-hydrogen) atoms. The van der Waals surface area contributed by atoms with Gasteiger partial charge in [0.2, 0.25) is 0 Å². The lowest BCUT2D eigenvalue weighted by Gasteiger charge is -2.06. The van der Waals surface area contributed by atoms with Crippen molar-refractivity contribution in [3.63, 3.8) is 0 Å². The molecule has 2 aromatic carbocycles. The van der Waals surface area contributed by atoms with Crippen molar-refractivity contribution in [1.82, 2.24) is 19.7 Å². The predicted octanol–water partition coefficient (Wildman–Crippen LogP) is 3.87. The summed E-state index contributed by atoms with van der Waals surface area (Å²) in [5, 5.41) is 4.54. The SMILES string of the molecule is COc1cc(F)ccc1-c1nc2c([nH]1)c(C)nn2-c1ccccc1. The Balaban J connectivity index is 1.91. The van der Waals surface area contributed by atoms with Crippen LogP contribution in [0.3, 0.4) is 0 Å². The van der Waals surface area contributed by atoms with Gasteiger partial charge in [0.1, 0.15) is 22.9 Å². The van der Waals surface area contributed by atoms with Gasteiger partial charge in [0.25, 0.3) is 0 Å². The van der Waals surface area contributed by atoms with Crippen LogP contribution < -0.4 is 4.74 Å². The van der Waals surface area contributed by atoms with Crippen molar-refractivity contribution in [3.8, 4) is 22.8 Å². The predicted molar refractivity (Wildman–Crippen MR) is 89.9 cm³/mol. The van der Waals surface area contributed by atoms with E-state index in [4.69, 9.17) is 4.74 Å². The number of aromatic nitrogens is 4. The third-order valence-electron chi connectivity index (χ3n) is 3.92. The molecule has 0 amide bonds. The van der Waals surface area contributed by atoms with Gasteiger partial charge >= 0.3 is 0 Å². The fraction of sp³-hybridized carbons (Fsp3) is 0.111. The highest BCUT2D eigenvalue weighted by atomic mass is 19.1. The van der Waals surface area contributed by atoms with Crippen molar-refractivity contribution in [1.29, 1.82) is 0 Å². The first kappa shape index (κ1) is 14.4. The summed E-state index contributed by atoms with van der Waals surface area (Å²) >= 11 is 0. The van der Waals surface area contributed by atoms with E-state index in [0.29, 0.717) is 17.1 Å². The lowest BCUT2D eigenvalue weighted by molar-refractivity contribution is 0.412. The van der Waals surface area contributed by atoms with Crippen LogP contribution in [0, 0.1) is 12.7 Å². The van der Waals surface area contributed by atoms with E-state index in [1.54, 1.807) is 10.7 Å². The highest BCUT2D eigenvalue weighted by Crippen LogP contribution is 2.31. The van der Waals surface area contributed by atoms with Gasteiger partial charge in [-0.05, 0) is 31.2 Å². The van der Waals surface area contributed by atoms with Crippen molar-refractivity contribution in [2.45, 2.75) is 6.92 Å². The minimum Gasteiger partial charge on any atom is -0.496 e. The normalized spacial score (nSPS) is 11.1. The second-order valence-corrected chi connectivity index (χ2v) is 5.46. The van der Waals surface area contributed by atoms with Gasteiger partial charge in [0.05, 0.1) is 24.1 Å². The zero-order chi connectivity index (χ0) is 16.7. The van der Waals surface area contributed by atoms with Gasteiger partial charge in [-0.1, -0.05) is 18.2 Å². The molecule has 0 spiro atoms. The molecule has 0 radical (unpaired) electrons. The van der Waals surface area contributed by atoms with Crippen molar-refractivity contribution < 1.29 is 9.13 Å². The molecule has 0 fully saturated rings. The Hall–Kier alpha value is -3.15. The van der Waals surface area contributed by atoms with E-state index in [-0.39, 0.29) is 5.82 Å². The Morgan fingerprint density at radius 3 is 2.67 bits per heavy atom. The minimum absolute atomic E-state index is 0.349. The molecule has 0 saturated heterocycles. The molecule has 120 valence electrons. The number of rotatable bonds is 3. The molecule has 2 aromatic heterocycles. The number of aryl methyl sites for hydroxylation is 1. The Morgan fingerprint density at radius 1 is 1.12 bits per heavy atom. The second-order valence-electron chi connectivity index (χ2n) is 5.46. The second kappa shape index (κ2) is 5.49. The molecule has 0 aliphatic carbocycles. The molecule has 2 heterocycles. The number of hydrogen-bond acceptors (Lipinski definition) is 3. The number of imidazole rings is 1. The Kier molecular flexibility index (Phi) is 3.30. The van der Waals surface area contributed by atoms with Crippen LogP contribution in [0.15, 0.2) is 48.5 Å². The molecule has 0 aliphatic rings. The number of halogens is 1. The number of para-hydroxylation sites is 1. The number of nitrogens with zero attached hydrogens (tertiary/aromatic N) is 3. The number of benzene rings is 2. The van der Waals surface area contributed by atoms with Crippen molar-refractivity contribution in [2.24, 2.45) is 0 Å². The average molecular weight is 322 g/mol. The minimum atomic E-state index is -0.349. The van der Waals surface area contributed by atoms with Crippen LogP contribution in [-0.4, -0.2) is 26.9 Å².